The summed E-state index contributed by atoms with van der Waals surface area (Å²) in [4.78, 5) is 12.6. The van der Waals surface area contributed by atoms with E-state index in [0.29, 0.717) is 11.3 Å². The van der Waals surface area contributed by atoms with E-state index in [1.54, 1.807) is 20.8 Å². The van der Waals surface area contributed by atoms with Crippen molar-refractivity contribution in [2.75, 3.05) is 13.9 Å². The maximum absolute atomic E-state index is 12.6. The zero-order chi connectivity index (χ0) is 17.1. The Morgan fingerprint density at radius 2 is 1.68 bits per heavy atom. The van der Waals surface area contributed by atoms with Crippen LogP contribution in [0, 0.1) is 20.8 Å². The summed E-state index contributed by atoms with van der Waals surface area (Å²) in [5, 5.41) is 9.72. The van der Waals surface area contributed by atoms with Crippen molar-refractivity contribution in [3.63, 3.8) is 0 Å². The molecule has 1 aromatic carbocycles. The molecule has 0 unspecified atom stereocenters. The highest BCUT2D eigenvalue weighted by molar-refractivity contribution is 5.95. The van der Waals surface area contributed by atoms with Crippen molar-refractivity contribution >= 4 is 5.97 Å². The lowest BCUT2D eigenvalue weighted by atomic mass is 9.92. The number of carbonyl (C=O) groups is 1. The van der Waals surface area contributed by atoms with Gasteiger partial charge in [-0.15, -0.1) is 0 Å². The summed E-state index contributed by atoms with van der Waals surface area (Å²) in [7, 11) is 1.51. The Balaban J connectivity index is 3.52. The number of aliphatic hydroxyl groups is 1. The molecule has 5 heteroatoms. The molecule has 0 saturated heterocycles. The number of esters is 1. The van der Waals surface area contributed by atoms with Crippen LogP contribution in [0.5, 0.6) is 5.75 Å². The predicted molar refractivity (Wildman–Crippen MR) is 84.2 cm³/mol. The average Bonchev–Trinajstić information content (AvgIpc) is 2.41. The van der Waals surface area contributed by atoms with Crippen LogP contribution in [0.25, 0.3) is 0 Å². The van der Waals surface area contributed by atoms with Gasteiger partial charge in [0.15, 0.2) is 6.79 Å². The van der Waals surface area contributed by atoms with Crippen molar-refractivity contribution in [2.24, 2.45) is 0 Å². The van der Waals surface area contributed by atoms with Gasteiger partial charge in [0.25, 0.3) is 0 Å². The van der Waals surface area contributed by atoms with Gasteiger partial charge in [-0.25, -0.2) is 4.79 Å². The Morgan fingerprint density at radius 1 is 1.09 bits per heavy atom. The molecule has 0 atom stereocenters. The first kappa shape index (κ1) is 18.5. The van der Waals surface area contributed by atoms with E-state index < -0.39 is 11.6 Å². The third-order valence-corrected chi connectivity index (χ3v) is 3.53. The van der Waals surface area contributed by atoms with E-state index in [1.165, 1.54) is 7.11 Å². The molecule has 0 spiro atoms. The molecule has 124 valence electrons. The van der Waals surface area contributed by atoms with Gasteiger partial charge in [0.2, 0.25) is 0 Å². The summed E-state index contributed by atoms with van der Waals surface area (Å²) >= 11 is 0. The van der Waals surface area contributed by atoms with Gasteiger partial charge < -0.3 is 19.3 Å². The third kappa shape index (κ3) is 3.99. The van der Waals surface area contributed by atoms with Crippen molar-refractivity contribution in [3.8, 4) is 5.75 Å². The number of ether oxygens (including phenoxy) is 3. The molecule has 0 aliphatic carbocycles. The van der Waals surface area contributed by atoms with Gasteiger partial charge in [-0.1, -0.05) is 0 Å². The molecule has 0 radical (unpaired) electrons. The summed E-state index contributed by atoms with van der Waals surface area (Å²) in [6.45, 7) is 10.8. The van der Waals surface area contributed by atoms with Gasteiger partial charge >= 0.3 is 5.97 Å². The molecule has 1 aromatic rings. The second kappa shape index (κ2) is 7.11. The molecule has 1 rings (SSSR count). The molecule has 0 bridgehead atoms. The molecule has 0 saturated carbocycles. The fourth-order valence-electron chi connectivity index (χ4n) is 2.23. The topological polar surface area (TPSA) is 65.0 Å². The van der Waals surface area contributed by atoms with E-state index in [0.717, 1.165) is 16.7 Å². The summed E-state index contributed by atoms with van der Waals surface area (Å²) in [5.74, 6) is -0.0999. The van der Waals surface area contributed by atoms with E-state index >= 15 is 0 Å². The van der Waals surface area contributed by atoms with Crippen LogP contribution in [-0.2, 0) is 16.1 Å². The Labute approximate surface area is 132 Å². The standard InChI is InChI=1S/C17H26O5/c1-10-11(2)13(8-18)14(16(19)22-17(4,5)6)15(12(10)3)21-9-20-7/h18H,8-9H2,1-7H3. The van der Waals surface area contributed by atoms with E-state index in [-0.39, 0.29) is 19.0 Å². The first-order valence-electron chi connectivity index (χ1n) is 7.22. The molecule has 0 fully saturated rings. The van der Waals surface area contributed by atoms with Crippen molar-refractivity contribution in [1.29, 1.82) is 0 Å². The van der Waals surface area contributed by atoms with Crippen LogP contribution in [-0.4, -0.2) is 30.6 Å². The highest BCUT2D eigenvalue weighted by Gasteiger charge is 2.28. The van der Waals surface area contributed by atoms with E-state index in [2.05, 4.69) is 0 Å². The molecule has 0 heterocycles. The van der Waals surface area contributed by atoms with Crippen LogP contribution in [0.4, 0.5) is 0 Å². The Kier molecular flexibility index (Phi) is 5.97. The first-order chi connectivity index (χ1) is 10.1. The number of hydrogen-bond acceptors (Lipinski definition) is 5. The Hall–Kier alpha value is -1.59. The highest BCUT2D eigenvalue weighted by Crippen LogP contribution is 2.34. The number of benzene rings is 1. The van der Waals surface area contributed by atoms with Crippen LogP contribution in [0.3, 0.4) is 0 Å². The largest absolute Gasteiger partial charge is 0.466 e. The fourth-order valence-corrected chi connectivity index (χ4v) is 2.23. The summed E-state index contributed by atoms with van der Waals surface area (Å²) in [6, 6.07) is 0. The van der Waals surface area contributed by atoms with Crippen LogP contribution >= 0.6 is 0 Å². The maximum Gasteiger partial charge on any atom is 0.342 e. The third-order valence-electron chi connectivity index (χ3n) is 3.53. The second-order valence-electron chi connectivity index (χ2n) is 6.27. The minimum absolute atomic E-state index is 0.0179. The van der Waals surface area contributed by atoms with Crippen LogP contribution < -0.4 is 4.74 Å². The number of hydrogen-bond donors (Lipinski definition) is 1. The van der Waals surface area contributed by atoms with Gasteiger partial charge in [-0.2, -0.15) is 0 Å². The molecule has 22 heavy (non-hydrogen) atoms. The zero-order valence-electron chi connectivity index (χ0n) is 14.5. The minimum atomic E-state index is -0.630. The van der Waals surface area contributed by atoms with Gasteiger partial charge in [0.1, 0.15) is 16.9 Å². The monoisotopic (exact) mass is 310 g/mol. The summed E-state index contributed by atoms with van der Waals surface area (Å²) < 4.78 is 16.0. The molecular weight excluding hydrogens is 284 g/mol. The minimum Gasteiger partial charge on any atom is -0.466 e. The van der Waals surface area contributed by atoms with Crippen LogP contribution in [0.1, 0.15) is 53.4 Å². The van der Waals surface area contributed by atoms with Gasteiger partial charge in [-0.3, -0.25) is 0 Å². The molecule has 0 aliphatic heterocycles. The number of methoxy groups -OCH3 is 1. The molecule has 0 aliphatic rings. The van der Waals surface area contributed by atoms with E-state index in [4.69, 9.17) is 14.2 Å². The zero-order valence-corrected chi connectivity index (χ0v) is 14.5. The lowest BCUT2D eigenvalue weighted by Crippen LogP contribution is -2.26. The summed E-state index contributed by atoms with van der Waals surface area (Å²) in [6.07, 6.45) is 0. The van der Waals surface area contributed by atoms with Crippen molar-refractivity contribution in [3.05, 3.63) is 27.8 Å². The molecular formula is C17H26O5. The smallest absolute Gasteiger partial charge is 0.342 e. The Morgan fingerprint density at radius 3 is 2.14 bits per heavy atom. The number of rotatable bonds is 5. The van der Waals surface area contributed by atoms with Crippen LogP contribution in [0.2, 0.25) is 0 Å². The average molecular weight is 310 g/mol. The number of carbonyl (C=O) groups excluding carboxylic acids is 1. The predicted octanol–water partition coefficient (Wildman–Crippen LogP) is 3.04. The molecule has 0 aromatic heterocycles. The summed E-state index contributed by atoms with van der Waals surface area (Å²) in [5.41, 5.74) is 2.86. The maximum atomic E-state index is 12.6. The quantitative estimate of drug-likeness (QED) is 0.669. The van der Waals surface area contributed by atoms with Gasteiger partial charge in [0.05, 0.1) is 6.61 Å². The van der Waals surface area contributed by atoms with Gasteiger partial charge in [-0.05, 0) is 63.8 Å². The Bertz CT molecular complexity index is 555. The van der Waals surface area contributed by atoms with Crippen molar-refractivity contribution in [1.82, 2.24) is 0 Å². The lowest BCUT2D eigenvalue weighted by Gasteiger charge is -2.24. The highest BCUT2D eigenvalue weighted by atomic mass is 16.7. The van der Waals surface area contributed by atoms with E-state index in [1.807, 2.05) is 20.8 Å². The fraction of sp³-hybridized carbons (Fsp3) is 0.588. The SMILES string of the molecule is COCOc1c(C)c(C)c(C)c(CO)c1C(=O)OC(C)(C)C. The molecule has 0 amide bonds. The van der Waals surface area contributed by atoms with Crippen molar-refractivity contribution < 1.29 is 24.1 Å². The first-order valence-corrected chi connectivity index (χ1v) is 7.22. The lowest BCUT2D eigenvalue weighted by molar-refractivity contribution is 0.00513. The number of aliphatic hydroxyl groups excluding tert-OH is 1. The molecule has 5 nitrogen and oxygen atoms in total. The molecule has 1 N–H and O–H groups in total. The van der Waals surface area contributed by atoms with Gasteiger partial charge in [0, 0.05) is 7.11 Å². The van der Waals surface area contributed by atoms with Crippen molar-refractivity contribution in [2.45, 2.75) is 53.8 Å². The van der Waals surface area contributed by atoms with Crippen LogP contribution in [0.15, 0.2) is 0 Å². The second-order valence-corrected chi connectivity index (χ2v) is 6.27. The van der Waals surface area contributed by atoms with E-state index in [9.17, 15) is 9.90 Å². The normalized spacial score (nSPS) is 11.5.